The molecule has 2 N–H and O–H groups in total. The predicted octanol–water partition coefficient (Wildman–Crippen LogP) is 2.44. The first-order chi connectivity index (χ1) is 9.22. The van der Waals surface area contributed by atoms with Gasteiger partial charge < -0.3 is 15.1 Å². The van der Waals surface area contributed by atoms with E-state index in [1.807, 2.05) is 0 Å². The van der Waals surface area contributed by atoms with Crippen LogP contribution in [0.3, 0.4) is 0 Å². The molecule has 2 rings (SSSR count). The Labute approximate surface area is 121 Å². The molecule has 0 amide bonds. The zero-order valence-electron chi connectivity index (χ0n) is 13.4. The SMILES string of the molecule is CN=C(NCc1ncc(C(C)(C)C)o1)NC1CC1(C)C. The van der Waals surface area contributed by atoms with E-state index >= 15 is 0 Å². The van der Waals surface area contributed by atoms with E-state index in [1.165, 1.54) is 6.42 Å². The van der Waals surface area contributed by atoms with Crippen LogP contribution in [0.1, 0.15) is 52.7 Å². The van der Waals surface area contributed by atoms with Gasteiger partial charge in [0.15, 0.2) is 5.96 Å². The first kappa shape index (κ1) is 14.9. The van der Waals surface area contributed by atoms with E-state index in [0.29, 0.717) is 23.9 Å². The zero-order valence-corrected chi connectivity index (χ0v) is 13.4. The molecule has 0 aliphatic heterocycles. The van der Waals surface area contributed by atoms with Gasteiger partial charge in [0.25, 0.3) is 0 Å². The Hall–Kier alpha value is -1.52. The molecule has 5 heteroatoms. The number of oxazole rings is 1. The fourth-order valence-corrected chi connectivity index (χ4v) is 1.97. The van der Waals surface area contributed by atoms with Crippen molar-refractivity contribution >= 4 is 5.96 Å². The van der Waals surface area contributed by atoms with Crippen molar-refractivity contribution < 1.29 is 4.42 Å². The number of guanidine groups is 1. The lowest BCUT2D eigenvalue weighted by Gasteiger charge is -2.14. The van der Waals surface area contributed by atoms with E-state index in [1.54, 1.807) is 13.2 Å². The van der Waals surface area contributed by atoms with Crippen molar-refractivity contribution in [2.24, 2.45) is 10.4 Å². The van der Waals surface area contributed by atoms with Gasteiger partial charge in [0.05, 0.1) is 12.7 Å². The highest BCUT2D eigenvalue weighted by atomic mass is 16.4. The van der Waals surface area contributed by atoms with Crippen molar-refractivity contribution in [1.29, 1.82) is 0 Å². The van der Waals surface area contributed by atoms with E-state index in [2.05, 4.69) is 55.2 Å². The number of nitrogens with zero attached hydrogens (tertiary/aromatic N) is 2. The molecule has 1 atom stereocenters. The van der Waals surface area contributed by atoms with Crippen molar-refractivity contribution in [1.82, 2.24) is 15.6 Å². The highest BCUT2D eigenvalue weighted by Gasteiger charge is 2.46. The summed E-state index contributed by atoms with van der Waals surface area (Å²) in [5.41, 5.74) is 0.364. The first-order valence-corrected chi connectivity index (χ1v) is 7.15. The average Bonchev–Trinajstić information content (AvgIpc) is 2.79. The summed E-state index contributed by atoms with van der Waals surface area (Å²) < 4.78 is 5.75. The van der Waals surface area contributed by atoms with Crippen molar-refractivity contribution in [2.45, 2.75) is 59.0 Å². The summed E-state index contributed by atoms with van der Waals surface area (Å²) in [6, 6.07) is 0.503. The Bertz CT molecular complexity index is 496. The van der Waals surface area contributed by atoms with E-state index in [9.17, 15) is 0 Å². The summed E-state index contributed by atoms with van der Waals surface area (Å²) in [6.07, 6.45) is 2.98. The molecular formula is C15H26N4O. The molecule has 1 aromatic rings. The Kier molecular flexibility index (Phi) is 3.80. The Morgan fingerprint density at radius 1 is 1.50 bits per heavy atom. The molecule has 1 aliphatic carbocycles. The molecule has 5 nitrogen and oxygen atoms in total. The van der Waals surface area contributed by atoms with Crippen LogP contribution in [-0.4, -0.2) is 24.0 Å². The van der Waals surface area contributed by atoms with Crippen LogP contribution in [-0.2, 0) is 12.0 Å². The summed E-state index contributed by atoms with van der Waals surface area (Å²) in [6.45, 7) is 11.4. The molecule has 0 spiro atoms. The quantitative estimate of drug-likeness (QED) is 0.658. The van der Waals surface area contributed by atoms with E-state index in [-0.39, 0.29) is 5.41 Å². The molecule has 1 fully saturated rings. The van der Waals surface area contributed by atoms with Crippen molar-refractivity contribution in [3.05, 3.63) is 17.8 Å². The van der Waals surface area contributed by atoms with Crippen molar-refractivity contribution in [2.75, 3.05) is 7.05 Å². The summed E-state index contributed by atoms with van der Waals surface area (Å²) in [7, 11) is 1.78. The van der Waals surface area contributed by atoms with Crippen LogP contribution in [0.5, 0.6) is 0 Å². The molecule has 0 radical (unpaired) electrons. The Morgan fingerprint density at radius 2 is 2.15 bits per heavy atom. The molecule has 1 aliphatic rings. The van der Waals surface area contributed by atoms with E-state index in [4.69, 9.17) is 4.42 Å². The minimum Gasteiger partial charge on any atom is -0.443 e. The first-order valence-electron chi connectivity index (χ1n) is 7.15. The number of rotatable bonds is 3. The van der Waals surface area contributed by atoms with Crippen LogP contribution in [0.4, 0.5) is 0 Å². The maximum absolute atomic E-state index is 5.75. The van der Waals surface area contributed by atoms with Gasteiger partial charge in [0.1, 0.15) is 5.76 Å². The molecule has 112 valence electrons. The normalized spacial score (nSPS) is 21.7. The van der Waals surface area contributed by atoms with Gasteiger partial charge in [0.2, 0.25) is 5.89 Å². The lowest BCUT2D eigenvalue weighted by molar-refractivity contribution is 0.379. The van der Waals surface area contributed by atoms with Crippen LogP contribution in [0.25, 0.3) is 0 Å². The fraction of sp³-hybridized carbons (Fsp3) is 0.733. The van der Waals surface area contributed by atoms with Crippen molar-refractivity contribution in [3.8, 4) is 0 Å². The summed E-state index contributed by atoms with van der Waals surface area (Å²) >= 11 is 0. The van der Waals surface area contributed by atoms with Gasteiger partial charge in [-0.15, -0.1) is 0 Å². The number of hydrogen-bond donors (Lipinski definition) is 2. The zero-order chi connectivity index (χ0) is 15.0. The largest absolute Gasteiger partial charge is 0.443 e. The molecule has 0 aromatic carbocycles. The molecule has 0 saturated heterocycles. The number of nitrogens with one attached hydrogen (secondary N) is 2. The number of aromatic nitrogens is 1. The van der Waals surface area contributed by atoms with Gasteiger partial charge >= 0.3 is 0 Å². The Balaban J connectivity index is 1.86. The maximum Gasteiger partial charge on any atom is 0.213 e. The number of aliphatic imine (C=N–C) groups is 1. The standard InChI is InChI=1S/C15H26N4O/c1-14(2,3)11-8-17-12(20-11)9-18-13(16-6)19-10-7-15(10,4)5/h8,10H,7,9H2,1-6H3,(H2,16,18,19). The highest BCUT2D eigenvalue weighted by molar-refractivity contribution is 5.80. The fourth-order valence-electron chi connectivity index (χ4n) is 1.97. The third-order valence-electron chi connectivity index (χ3n) is 3.75. The molecule has 20 heavy (non-hydrogen) atoms. The monoisotopic (exact) mass is 278 g/mol. The van der Waals surface area contributed by atoms with Gasteiger partial charge in [-0.3, -0.25) is 4.99 Å². The van der Waals surface area contributed by atoms with Gasteiger partial charge in [0, 0.05) is 18.5 Å². The molecular weight excluding hydrogens is 252 g/mol. The van der Waals surface area contributed by atoms with Crippen molar-refractivity contribution in [3.63, 3.8) is 0 Å². The predicted molar refractivity (Wildman–Crippen MR) is 80.7 cm³/mol. The van der Waals surface area contributed by atoms with Gasteiger partial charge in [-0.2, -0.15) is 0 Å². The van der Waals surface area contributed by atoms with Crippen LogP contribution >= 0.6 is 0 Å². The van der Waals surface area contributed by atoms with Crippen LogP contribution in [0, 0.1) is 5.41 Å². The minimum absolute atomic E-state index is 0.0107. The highest BCUT2D eigenvalue weighted by Crippen LogP contribution is 2.44. The summed E-state index contributed by atoms with van der Waals surface area (Å²) in [5, 5.41) is 6.65. The minimum atomic E-state index is -0.0107. The lowest BCUT2D eigenvalue weighted by atomic mass is 9.94. The topological polar surface area (TPSA) is 62.5 Å². The van der Waals surface area contributed by atoms with E-state index < -0.39 is 0 Å². The van der Waals surface area contributed by atoms with Crippen LogP contribution in [0.2, 0.25) is 0 Å². The second-order valence-electron chi connectivity index (χ2n) is 7.18. The third-order valence-corrected chi connectivity index (χ3v) is 3.75. The number of hydrogen-bond acceptors (Lipinski definition) is 3. The average molecular weight is 278 g/mol. The maximum atomic E-state index is 5.75. The third kappa shape index (κ3) is 3.52. The lowest BCUT2D eigenvalue weighted by Crippen LogP contribution is -2.39. The van der Waals surface area contributed by atoms with Crippen LogP contribution in [0.15, 0.2) is 15.6 Å². The molecule has 1 saturated carbocycles. The van der Waals surface area contributed by atoms with Crippen LogP contribution < -0.4 is 10.6 Å². The smallest absolute Gasteiger partial charge is 0.213 e. The summed E-state index contributed by atoms with van der Waals surface area (Å²) in [5.74, 6) is 2.39. The Morgan fingerprint density at radius 3 is 2.60 bits per heavy atom. The molecule has 0 bridgehead atoms. The summed E-state index contributed by atoms with van der Waals surface area (Å²) in [4.78, 5) is 8.53. The van der Waals surface area contributed by atoms with Gasteiger partial charge in [-0.05, 0) is 11.8 Å². The molecule has 1 heterocycles. The van der Waals surface area contributed by atoms with E-state index in [0.717, 1.165) is 11.7 Å². The molecule has 1 unspecified atom stereocenters. The van der Waals surface area contributed by atoms with Gasteiger partial charge in [-0.1, -0.05) is 34.6 Å². The molecule has 1 aromatic heterocycles. The second-order valence-corrected chi connectivity index (χ2v) is 7.18. The second kappa shape index (κ2) is 5.11. The van der Waals surface area contributed by atoms with Gasteiger partial charge in [-0.25, -0.2) is 4.98 Å².